The van der Waals surface area contributed by atoms with Gasteiger partial charge >= 0.3 is 6.18 Å². The van der Waals surface area contributed by atoms with Crippen LogP contribution in [0, 0.1) is 11.3 Å². The highest BCUT2D eigenvalue weighted by atomic mass is 19.4. The van der Waals surface area contributed by atoms with Gasteiger partial charge in [0.2, 0.25) is 0 Å². The molecule has 1 aliphatic carbocycles. The van der Waals surface area contributed by atoms with E-state index in [9.17, 15) is 18.3 Å². The Bertz CT molecular complexity index is 528. The molecule has 0 atom stereocenters. The summed E-state index contributed by atoms with van der Waals surface area (Å²) < 4.78 is 37.8. The molecule has 6 heteroatoms. The molecule has 2 rings (SSSR count). The standard InChI is InChI=1S/C14H15F3N2O/c15-14(16,17)11-3-4-12(10(7-11)8-18)19-13(9-20)5-1-2-6-13/h3-4,7,19-20H,1-2,5-6,9H2. The predicted molar refractivity (Wildman–Crippen MR) is 68.1 cm³/mol. The fourth-order valence-electron chi connectivity index (χ4n) is 2.58. The van der Waals surface area contributed by atoms with Gasteiger partial charge in [-0.05, 0) is 31.0 Å². The van der Waals surface area contributed by atoms with E-state index < -0.39 is 17.3 Å². The third-order valence-corrected chi connectivity index (χ3v) is 3.73. The third kappa shape index (κ3) is 2.88. The Morgan fingerprint density at radius 3 is 2.45 bits per heavy atom. The van der Waals surface area contributed by atoms with Gasteiger partial charge in [0.1, 0.15) is 6.07 Å². The quantitative estimate of drug-likeness (QED) is 0.895. The monoisotopic (exact) mass is 284 g/mol. The summed E-state index contributed by atoms with van der Waals surface area (Å²) in [7, 11) is 0. The Morgan fingerprint density at radius 2 is 1.95 bits per heavy atom. The normalized spacial score (nSPS) is 17.8. The average molecular weight is 284 g/mol. The molecule has 0 aliphatic heterocycles. The molecule has 0 bridgehead atoms. The van der Waals surface area contributed by atoms with E-state index in [0.29, 0.717) is 5.69 Å². The zero-order valence-electron chi connectivity index (χ0n) is 10.8. The highest BCUT2D eigenvalue weighted by molar-refractivity contribution is 5.60. The molecule has 0 radical (unpaired) electrons. The van der Waals surface area contributed by atoms with E-state index >= 15 is 0 Å². The molecule has 0 spiro atoms. The smallest absolute Gasteiger partial charge is 0.394 e. The van der Waals surface area contributed by atoms with Gasteiger partial charge < -0.3 is 10.4 Å². The van der Waals surface area contributed by atoms with Crippen LogP contribution in [0.15, 0.2) is 18.2 Å². The van der Waals surface area contributed by atoms with Crippen molar-refractivity contribution in [1.82, 2.24) is 0 Å². The van der Waals surface area contributed by atoms with Crippen molar-refractivity contribution in [2.45, 2.75) is 37.4 Å². The van der Waals surface area contributed by atoms with Crippen molar-refractivity contribution in [3.63, 3.8) is 0 Å². The van der Waals surface area contributed by atoms with Crippen molar-refractivity contribution in [3.05, 3.63) is 29.3 Å². The van der Waals surface area contributed by atoms with Crippen molar-refractivity contribution in [2.75, 3.05) is 11.9 Å². The van der Waals surface area contributed by atoms with E-state index in [2.05, 4.69) is 5.32 Å². The average Bonchev–Trinajstić information content (AvgIpc) is 2.87. The molecular formula is C14H15F3N2O. The Hall–Kier alpha value is -1.74. The predicted octanol–water partition coefficient (Wildman–Crippen LogP) is 3.29. The lowest BCUT2D eigenvalue weighted by molar-refractivity contribution is -0.137. The largest absolute Gasteiger partial charge is 0.416 e. The fraction of sp³-hybridized carbons (Fsp3) is 0.500. The van der Waals surface area contributed by atoms with Gasteiger partial charge in [0, 0.05) is 0 Å². The van der Waals surface area contributed by atoms with Gasteiger partial charge in [0.05, 0.1) is 29.0 Å². The molecular weight excluding hydrogens is 269 g/mol. The first kappa shape index (κ1) is 14.7. The number of nitriles is 1. The lowest BCUT2D eigenvalue weighted by atomic mass is 9.97. The van der Waals surface area contributed by atoms with E-state index in [0.717, 1.165) is 37.8 Å². The summed E-state index contributed by atoms with van der Waals surface area (Å²) in [4.78, 5) is 0. The van der Waals surface area contributed by atoms with E-state index in [1.54, 1.807) is 6.07 Å². The molecule has 0 heterocycles. The summed E-state index contributed by atoms with van der Waals surface area (Å²) in [6.45, 7) is -0.0983. The Morgan fingerprint density at radius 1 is 1.30 bits per heavy atom. The van der Waals surface area contributed by atoms with Crippen molar-refractivity contribution in [3.8, 4) is 6.07 Å². The van der Waals surface area contributed by atoms with Crippen LogP contribution < -0.4 is 5.32 Å². The first-order chi connectivity index (χ1) is 9.40. The maximum absolute atomic E-state index is 12.6. The Labute approximate surface area is 115 Å². The van der Waals surface area contributed by atoms with Gasteiger partial charge in [-0.1, -0.05) is 12.8 Å². The molecule has 20 heavy (non-hydrogen) atoms. The molecule has 1 aromatic carbocycles. The second kappa shape index (κ2) is 5.33. The van der Waals surface area contributed by atoms with E-state index in [-0.39, 0.29) is 12.2 Å². The molecule has 1 saturated carbocycles. The molecule has 1 aromatic rings. The summed E-state index contributed by atoms with van der Waals surface area (Å²) in [6, 6.07) is 4.82. The SMILES string of the molecule is N#Cc1cc(C(F)(F)F)ccc1NC1(CO)CCCC1. The van der Waals surface area contributed by atoms with Gasteiger partial charge in [-0.2, -0.15) is 18.4 Å². The number of alkyl halides is 3. The number of anilines is 1. The minimum Gasteiger partial charge on any atom is -0.394 e. The number of aliphatic hydroxyl groups excluding tert-OH is 1. The van der Waals surface area contributed by atoms with Gasteiger partial charge in [-0.25, -0.2) is 0 Å². The lowest BCUT2D eigenvalue weighted by Gasteiger charge is -2.30. The maximum atomic E-state index is 12.6. The molecule has 0 aromatic heterocycles. The zero-order valence-corrected chi connectivity index (χ0v) is 10.8. The number of aliphatic hydroxyl groups is 1. The van der Waals surface area contributed by atoms with E-state index in [1.807, 2.05) is 0 Å². The van der Waals surface area contributed by atoms with Crippen LogP contribution in [0.5, 0.6) is 0 Å². The van der Waals surface area contributed by atoms with Crippen LogP contribution >= 0.6 is 0 Å². The summed E-state index contributed by atoms with van der Waals surface area (Å²) in [5.41, 5.74) is -1.08. The van der Waals surface area contributed by atoms with Crippen molar-refractivity contribution in [1.29, 1.82) is 5.26 Å². The van der Waals surface area contributed by atoms with Crippen LogP contribution in [0.2, 0.25) is 0 Å². The number of hydrogen-bond acceptors (Lipinski definition) is 3. The second-order valence-electron chi connectivity index (χ2n) is 5.14. The number of halogens is 3. The molecule has 108 valence electrons. The zero-order chi connectivity index (χ0) is 14.8. The van der Waals surface area contributed by atoms with E-state index in [4.69, 9.17) is 5.26 Å². The van der Waals surface area contributed by atoms with Crippen LogP contribution in [-0.2, 0) is 6.18 Å². The second-order valence-corrected chi connectivity index (χ2v) is 5.14. The summed E-state index contributed by atoms with van der Waals surface area (Å²) in [5, 5.41) is 21.6. The molecule has 0 saturated heterocycles. The van der Waals surface area contributed by atoms with E-state index in [1.165, 1.54) is 6.07 Å². The molecule has 1 fully saturated rings. The van der Waals surface area contributed by atoms with Gasteiger partial charge in [0.15, 0.2) is 0 Å². The van der Waals surface area contributed by atoms with Gasteiger partial charge in [0.25, 0.3) is 0 Å². The lowest BCUT2D eigenvalue weighted by Crippen LogP contribution is -2.39. The molecule has 3 nitrogen and oxygen atoms in total. The Kier molecular flexibility index (Phi) is 3.91. The van der Waals surface area contributed by atoms with Gasteiger partial charge in [-0.3, -0.25) is 0 Å². The Balaban J connectivity index is 2.31. The van der Waals surface area contributed by atoms with Crippen molar-refractivity contribution >= 4 is 5.69 Å². The highest BCUT2D eigenvalue weighted by Gasteiger charge is 2.35. The number of rotatable bonds is 3. The van der Waals surface area contributed by atoms with Crippen LogP contribution in [0.25, 0.3) is 0 Å². The van der Waals surface area contributed by atoms with Crippen molar-refractivity contribution < 1.29 is 18.3 Å². The topological polar surface area (TPSA) is 56.0 Å². The number of nitrogens with one attached hydrogen (secondary N) is 1. The minimum atomic E-state index is -4.47. The molecule has 0 amide bonds. The summed E-state index contributed by atoms with van der Waals surface area (Å²) in [6.07, 6.45) is -1.07. The number of hydrogen-bond donors (Lipinski definition) is 2. The van der Waals surface area contributed by atoms with Crippen molar-refractivity contribution in [2.24, 2.45) is 0 Å². The van der Waals surface area contributed by atoms with Crippen LogP contribution in [0.3, 0.4) is 0 Å². The molecule has 1 aliphatic rings. The van der Waals surface area contributed by atoms with Gasteiger partial charge in [-0.15, -0.1) is 0 Å². The first-order valence-corrected chi connectivity index (χ1v) is 6.41. The number of nitrogens with zero attached hydrogens (tertiary/aromatic N) is 1. The molecule has 2 N–H and O–H groups in total. The molecule has 0 unspecified atom stereocenters. The minimum absolute atomic E-state index is 0.0560. The van der Waals surface area contributed by atoms with Crippen LogP contribution in [0.1, 0.15) is 36.8 Å². The number of benzene rings is 1. The highest BCUT2D eigenvalue weighted by Crippen LogP contribution is 2.36. The van der Waals surface area contributed by atoms with Crippen LogP contribution in [-0.4, -0.2) is 17.3 Å². The maximum Gasteiger partial charge on any atom is 0.416 e. The first-order valence-electron chi connectivity index (χ1n) is 6.41. The van der Waals surface area contributed by atoms with Crippen LogP contribution in [0.4, 0.5) is 18.9 Å². The third-order valence-electron chi connectivity index (χ3n) is 3.73. The summed E-state index contributed by atoms with van der Waals surface area (Å²) in [5.74, 6) is 0. The summed E-state index contributed by atoms with van der Waals surface area (Å²) >= 11 is 0. The fourth-order valence-corrected chi connectivity index (χ4v) is 2.58.